The van der Waals surface area contributed by atoms with Gasteiger partial charge in [0.25, 0.3) is 5.91 Å². The van der Waals surface area contributed by atoms with Gasteiger partial charge in [0, 0.05) is 25.1 Å². The van der Waals surface area contributed by atoms with Gasteiger partial charge < -0.3 is 21.1 Å². The number of methoxy groups -OCH3 is 1. The summed E-state index contributed by atoms with van der Waals surface area (Å²) in [6.45, 7) is 0.426. The van der Waals surface area contributed by atoms with Gasteiger partial charge in [-0.2, -0.15) is 0 Å². The number of nitrogen functional groups attached to an aromatic ring is 1. The molecule has 6 nitrogen and oxygen atoms in total. The van der Waals surface area contributed by atoms with Crippen LogP contribution in [0.3, 0.4) is 0 Å². The summed E-state index contributed by atoms with van der Waals surface area (Å²) in [7, 11) is 1.46. The van der Waals surface area contributed by atoms with Gasteiger partial charge in [0.1, 0.15) is 5.75 Å². The van der Waals surface area contributed by atoms with Crippen LogP contribution in [-0.2, 0) is 4.79 Å². The van der Waals surface area contributed by atoms with E-state index in [0.29, 0.717) is 41.4 Å². The smallest absolute Gasteiger partial charge is 0.255 e. The van der Waals surface area contributed by atoms with Crippen LogP contribution in [0.2, 0.25) is 5.02 Å². The van der Waals surface area contributed by atoms with Crippen LogP contribution < -0.4 is 21.1 Å². The number of carbonyl (C=O) groups is 2. The molecule has 2 amide bonds. The van der Waals surface area contributed by atoms with Crippen molar-refractivity contribution in [2.75, 3.05) is 19.4 Å². The Labute approximate surface area is 133 Å². The average Bonchev–Trinajstić information content (AvgIpc) is 2.43. The molecule has 116 valence electrons. The van der Waals surface area contributed by atoms with E-state index in [0.717, 1.165) is 0 Å². The van der Waals surface area contributed by atoms with E-state index in [2.05, 4.69) is 10.6 Å². The van der Waals surface area contributed by atoms with Crippen molar-refractivity contribution < 1.29 is 14.3 Å². The molecular weight excluding hydrogens is 317 g/mol. The average molecular weight is 334 g/mol. The van der Waals surface area contributed by atoms with Crippen LogP contribution in [0.4, 0.5) is 5.69 Å². The first-order valence-electron chi connectivity index (χ1n) is 6.22. The van der Waals surface area contributed by atoms with E-state index in [-0.39, 0.29) is 30.3 Å². The van der Waals surface area contributed by atoms with Gasteiger partial charge in [0.05, 0.1) is 23.4 Å². The lowest BCUT2D eigenvalue weighted by molar-refractivity contribution is -0.122. The van der Waals surface area contributed by atoms with Crippen LogP contribution in [0, 0.1) is 0 Å². The monoisotopic (exact) mass is 333 g/mol. The van der Waals surface area contributed by atoms with Crippen molar-refractivity contribution in [1.29, 1.82) is 0 Å². The Morgan fingerprint density at radius 1 is 1.52 bits per heavy atom. The van der Waals surface area contributed by atoms with Gasteiger partial charge in [0.2, 0.25) is 5.91 Å². The highest BCUT2D eigenvalue weighted by molar-refractivity contribution is 6.33. The second-order valence-electron chi connectivity index (χ2n) is 4.59. The molecule has 1 aromatic rings. The van der Waals surface area contributed by atoms with Crippen molar-refractivity contribution in [2.24, 2.45) is 0 Å². The third kappa shape index (κ3) is 4.15. The number of rotatable bonds is 3. The molecule has 1 heterocycles. The van der Waals surface area contributed by atoms with Crippen molar-refractivity contribution in [3.05, 3.63) is 22.7 Å². The van der Waals surface area contributed by atoms with Gasteiger partial charge in [-0.25, -0.2) is 0 Å². The summed E-state index contributed by atoms with van der Waals surface area (Å²) in [4.78, 5) is 23.3. The first-order chi connectivity index (χ1) is 9.51. The minimum Gasteiger partial charge on any atom is -0.496 e. The molecule has 0 aliphatic carbocycles. The second kappa shape index (κ2) is 7.38. The number of nitrogens with two attached hydrogens (primary N) is 1. The SMILES string of the molecule is COc1cc(N)c(Cl)cc1C(=O)NC1CCC(=O)NC1.Cl. The zero-order chi connectivity index (χ0) is 14.7. The fraction of sp³-hybridized carbons (Fsp3) is 0.385. The molecule has 0 radical (unpaired) electrons. The number of halogens is 2. The first-order valence-corrected chi connectivity index (χ1v) is 6.59. The molecule has 1 aromatic carbocycles. The van der Waals surface area contributed by atoms with E-state index in [4.69, 9.17) is 22.1 Å². The van der Waals surface area contributed by atoms with Gasteiger partial charge in [-0.15, -0.1) is 12.4 Å². The molecule has 0 aromatic heterocycles. The summed E-state index contributed by atoms with van der Waals surface area (Å²) in [5.74, 6) is 0.0674. The second-order valence-corrected chi connectivity index (χ2v) is 4.99. The summed E-state index contributed by atoms with van der Waals surface area (Å²) in [5, 5.41) is 5.85. The van der Waals surface area contributed by atoms with E-state index in [1.165, 1.54) is 19.2 Å². The van der Waals surface area contributed by atoms with E-state index in [1.807, 2.05) is 0 Å². The molecule has 1 aliphatic rings. The third-order valence-electron chi connectivity index (χ3n) is 3.16. The van der Waals surface area contributed by atoms with Gasteiger partial charge >= 0.3 is 0 Å². The summed E-state index contributed by atoms with van der Waals surface area (Å²) in [6, 6.07) is 2.90. The highest BCUT2D eigenvalue weighted by Crippen LogP contribution is 2.28. The quantitative estimate of drug-likeness (QED) is 0.728. The van der Waals surface area contributed by atoms with Crippen LogP contribution in [0.1, 0.15) is 23.2 Å². The van der Waals surface area contributed by atoms with Crippen molar-refractivity contribution in [1.82, 2.24) is 10.6 Å². The zero-order valence-corrected chi connectivity index (χ0v) is 13.0. The number of piperidine rings is 1. The van der Waals surface area contributed by atoms with Crippen molar-refractivity contribution in [3.63, 3.8) is 0 Å². The summed E-state index contributed by atoms with van der Waals surface area (Å²) in [5.41, 5.74) is 6.35. The summed E-state index contributed by atoms with van der Waals surface area (Å²) < 4.78 is 5.14. The van der Waals surface area contributed by atoms with E-state index in [1.54, 1.807) is 0 Å². The Balaban J connectivity index is 0.00000220. The maximum Gasteiger partial charge on any atom is 0.255 e. The van der Waals surface area contributed by atoms with Crippen molar-refractivity contribution in [2.45, 2.75) is 18.9 Å². The fourth-order valence-electron chi connectivity index (χ4n) is 2.03. The van der Waals surface area contributed by atoms with E-state index in [9.17, 15) is 9.59 Å². The molecule has 8 heteroatoms. The minimum absolute atomic E-state index is 0. The molecular formula is C13H17Cl2N3O3. The number of hydrogen-bond donors (Lipinski definition) is 3. The van der Waals surface area contributed by atoms with Gasteiger partial charge in [-0.05, 0) is 12.5 Å². The fourth-order valence-corrected chi connectivity index (χ4v) is 2.20. The molecule has 2 rings (SSSR count). The zero-order valence-electron chi connectivity index (χ0n) is 11.4. The molecule has 1 fully saturated rings. The number of benzene rings is 1. The summed E-state index contributed by atoms with van der Waals surface area (Å²) in [6.07, 6.45) is 1.02. The number of anilines is 1. The normalized spacial score (nSPS) is 17.4. The number of amides is 2. The van der Waals surface area contributed by atoms with Crippen LogP contribution in [0.5, 0.6) is 5.75 Å². The maximum absolute atomic E-state index is 12.2. The topological polar surface area (TPSA) is 93.4 Å². The first kappa shape index (κ1) is 17.4. The Morgan fingerprint density at radius 2 is 2.24 bits per heavy atom. The Hall–Kier alpha value is -1.66. The van der Waals surface area contributed by atoms with Gasteiger partial charge in [0.15, 0.2) is 0 Å². The van der Waals surface area contributed by atoms with Crippen LogP contribution in [0.15, 0.2) is 12.1 Å². The Bertz CT molecular complexity index is 542. The number of ether oxygens (including phenoxy) is 1. The molecule has 1 aliphatic heterocycles. The van der Waals surface area contributed by atoms with Crippen LogP contribution >= 0.6 is 24.0 Å². The molecule has 21 heavy (non-hydrogen) atoms. The lowest BCUT2D eigenvalue weighted by atomic mass is 10.1. The standard InChI is InChI=1S/C13H16ClN3O3.ClH/c1-20-11-5-10(15)9(14)4-8(11)13(19)17-7-2-3-12(18)16-6-7;/h4-5,7H,2-3,6,15H2,1H3,(H,16,18)(H,17,19);1H. The molecule has 1 saturated heterocycles. The van der Waals surface area contributed by atoms with Gasteiger partial charge in [-0.3, -0.25) is 9.59 Å². The lowest BCUT2D eigenvalue weighted by Gasteiger charge is -2.23. The number of carbonyl (C=O) groups excluding carboxylic acids is 2. The number of nitrogens with one attached hydrogen (secondary N) is 2. The van der Waals surface area contributed by atoms with Gasteiger partial charge in [-0.1, -0.05) is 11.6 Å². The predicted molar refractivity (Wildman–Crippen MR) is 83.2 cm³/mol. The van der Waals surface area contributed by atoms with Crippen molar-refractivity contribution in [3.8, 4) is 5.75 Å². The highest BCUT2D eigenvalue weighted by Gasteiger charge is 2.22. The summed E-state index contributed by atoms with van der Waals surface area (Å²) >= 11 is 5.93. The molecule has 0 saturated carbocycles. The molecule has 4 N–H and O–H groups in total. The molecule has 1 atom stereocenters. The molecule has 1 unspecified atom stereocenters. The Kier molecular flexibility index (Phi) is 6.11. The third-order valence-corrected chi connectivity index (χ3v) is 3.49. The highest BCUT2D eigenvalue weighted by atomic mass is 35.5. The lowest BCUT2D eigenvalue weighted by Crippen LogP contribution is -2.47. The maximum atomic E-state index is 12.2. The Morgan fingerprint density at radius 3 is 2.81 bits per heavy atom. The largest absolute Gasteiger partial charge is 0.496 e. The van der Waals surface area contributed by atoms with Crippen LogP contribution in [0.25, 0.3) is 0 Å². The van der Waals surface area contributed by atoms with Crippen LogP contribution in [-0.4, -0.2) is 31.5 Å². The number of hydrogen-bond acceptors (Lipinski definition) is 4. The minimum atomic E-state index is -0.301. The molecule has 0 spiro atoms. The van der Waals surface area contributed by atoms with Crippen molar-refractivity contribution >= 4 is 41.5 Å². The molecule has 0 bridgehead atoms. The predicted octanol–water partition coefficient (Wildman–Crippen LogP) is 1.36. The van der Waals surface area contributed by atoms with E-state index < -0.39 is 0 Å². The van der Waals surface area contributed by atoms with E-state index >= 15 is 0 Å².